The molecule has 5 heterocycles. The second-order valence-electron chi connectivity index (χ2n) is 9.36. The maximum atomic E-state index is 13.0. The zero-order chi connectivity index (χ0) is 24.4. The summed E-state index contributed by atoms with van der Waals surface area (Å²) >= 11 is 2.95. The standard InChI is InChI=1S/C25H32N6O2S2/c1-16-22(35-23(27-16)17(2)32)20-15-34-25(28-20)29-21-7-6-18(14-26-21)24(33)31-12-8-19(9-13-31)30-10-4-3-5-11-30/h6-7,14-15,17,19,32H,3-5,8-13H2,1-2H3,(H,26,28,29). The van der Waals surface area contributed by atoms with Gasteiger partial charge in [0, 0.05) is 30.7 Å². The van der Waals surface area contributed by atoms with Gasteiger partial charge in [0.15, 0.2) is 5.13 Å². The third-order valence-corrected chi connectivity index (χ3v) is 8.92. The summed E-state index contributed by atoms with van der Waals surface area (Å²) in [5.41, 5.74) is 2.32. The van der Waals surface area contributed by atoms with E-state index in [9.17, 15) is 9.90 Å². The average molecular weight is 513 g/mol. The second kappa shape index (κ2) is 10.7. The molecule has 0 aromatic carbocycles. The van der Waals surface area contributed by atoms with E-state index < -0.39 is 6.10 Å². The van der Waals surface area contributed by atoms with Crippen molar-refractivity contribution in [3.63, 3.8) is 0 Å². The largest absolute Gasteiger partial charge is 0.386 e. The number of anilines is 2. The Hall–Kier alpha value is -2.40. The van der Waals surface area contributed by atoms with Crippen LogP contribution in [0.5, 0.6) is 0 Å². The molecule has 2 N–H and O–H groups in total. The zero-order valence-corrected chi connectivity index (χ0v) is 21.9. The smallest absolute Gasteiger partial charge is 0.255 e. The number of likely N-dealkylation sites (tertiary alicyclic amines) is 2. The fraction of sp³-hybridized carbons (Fsp3) is 0.520. The van der Waals surface area contributed by atoms with Crippen molar-refractivity contribution in [3.8, 4) is 10.6 Å². The number of amides is 1. The van der Waals surface area contributed by atoms with Crippen LogP contribution in [0.15, 0.2) is 23.7 Å². The van der Waals surface area contributed by atoms with Crippen molar-refractivity contribution in [3.05, 3.63) is 40.0 Å². The molecule has 1 unspecified atom stereocenters. The minimum Gasteiger partial charge on any atom is -0.386 e. The fourth-order valence-electron chi connectivity index (χ4n) is 4.87. The van der Waals surface area contributed by atoms with Gasteiger partial charge in [-0.2, -0.15) is 0 Å². The van der Waals surface area contributed by atoms with E-state index in [1.165, 1.54) is 55.0 Å². The van der Waals surface area contributed by atoms with E-state index in [1.807, 2.05) is 29.3 Å². The normalized spacial score (nSPS) is 18.5. The third kappa shape index (κ3) is 5.55. The number of hydrogen-bond donors (Lipinski definition) is 2. The number of rotatable bonds is 6. The van der Waals surface area contributed by atoms with Gasteiger partial charge in [0.25, 0.3) is 5.91 Å². The highest BCUT2D eigenvalue weighted by Crippen LogP contribution is 2.35. The van der Waals surface area contributed by atoms with Gasteiger partial charge in [-0.25, -0.2) is 15.0 Å². The van der Waals surface area contributed by atoms with E-state index >= 15 is 0 Å². The highest BCUT2D eigenvalue weighted by Gasteiger charge is 2.28. The van der Waals surface area contributed by atoms with Crippen LogP contribution in [0.1, 0.15) is 66.2 Å². The maximum Gasteiger partial charge on any atom is 0.255 e. The summed E-state index contributed by atoms with van der Waals surface area (Å²) < 4.78 is 0. The molecule has 0 radical (unpaired) electrons. The lowest BCUT2D eigenvalue weighted by Gasteiger charge is -2.40. The molecule has 2 fully saturated rings. The summed E-state index contributed by atoms with van der Waals surface area (Å²) in [4.78, 5) is 32.1. The van der Waals surface area contributed by atoms with Crippen LogP contribution >= 0.6 is 22.7 Å². The number of aromatic nitrogens is 3. The number of carbonyl (C=O) groups excluding carboxylic acids is 1. The van der Waals surface area contributed by atoms with Gasteiger partial charge < -0.3 is 20.2 Å². The molecule has 35 heavy (non-hydrogen) atoms. The molecule has 5 rings (SSSR count). The molecule has 3 aromatic heterocycles. The molecule has 2 aliphatic heterocycles. The van der Waals surface area contributed by atoms with Crippen LogP contribution in [-0.2, 0) is 0 Å². The summed E-state index contributed by atoms with van der Waals surface area (Å²) in [7, 11) is 0. The van der Waals surface area contributed by atoms with Gasteiger partial charge in [0.05, 0.1) is 21.8 Å². The first-order valence-electron chi connectivity index (χ1n) is 12.4. The molecule has 1 atom stereocenters. The lowest BCUT2D eigenvalue weighted by molar-refractivity contribution is 0.0589. The van der Waals surface area contributed by atoms with E-state index in [4.69, 9.17) is 0 Å². The molecule has 8 nitrogen and oxygen atoms in total. The van der Waals surface area contributed by atoms with Crippen LogP contribution in [0, 0.1) is 6.92 Å². The molecule has 3 aromatic rings. The Bertz CT molecular complexity index is 1150. The van der Waals surface area contributed by atoms with Crippen molar-refractivity contribution in [2.45, 2.75) is 58.1 Å². The summed E-state index contributed by atoms with van der Waals surface area (Å²) in [5.74, 6) is 0.712. The van der Waals surface area contributed by atoms with Crippen molar-refractivity contribution < 1.29 is 9.90 Å². The highest BCUT2D eigenvalue weighted by molar-refractivity contribution is 7.17. The number of hydrogen-bond acceptors (Lipinski definition) is 9. The molecule has 186 valence electrons. The lowest BCUT2D eigenvalue weighted by atomic mass is 9.99. The minimum atomic E-state index is -0.588. The van der Waals surface area contributed by atoms with E-state index in [-0.39, 0.29) is 5.91 Å². The van der Waals surface area contributed by atoms with Crippen LogP contribution in [0.4, 0.5) is 10.9 Å². The molecule has 1 amide bonds. The molecule has 0 saturated carbocycles. The van der Waals surface area contributed by atoms with Gasteiger partial charge in [0.1, 0.15) is 16.9 Å². The summed E-state index contributed by atoms with van der Waals surface area (Å²) in [5, 5.41) is 16.4. The zero-order valence-electron chi connectivity index (χ0n) is 20.2. The molecule has 2 aliphatic rings. The van der Waals surface area contributed by atoms with E-state index in [2.05, 4.69) is 25.2 Å². The van der Waals surface area contributed by atoms with Crippen LogP contribution < -0.4 is 5.32 Å². The van der Waals surface area contributed by atoms with Crippen LogP contribution in [0.3, 0.4) is 0 Å². The Kier molecular flexibility index (Phi) is 7.43. The molecule has 2 saturated heterocycles. The number of aryl methyl sites for hydroxylation is 1. The number of nitrogens with zero attached hydrogens (tertiary/aromatic N) is 5. The number of pyridine rings is 1. The minimum absolute atomic E-state index is 0.0623. The molecule has 10 heteroatoms. The number of aliphatic hydroxyl groups is 1. The van der Waals surface area contributed by atoms with Crippen LogP contribution in [-0.4, -0.2) is 68.0 Å². The van der Waals surface area contributed by atoms with Crippen LogP contribution in [0.2, 0.25) is 0 Å². The Labute approximate surface area is 214 Å². The highest BCUT2D eigenvalue weighted by atomic mass is 32.1. The summed E-state index contributed by atoms with van der Waals surface area (Å²) in [6, 6.07) is 4.29. The van der Waals surface area contributed by atoms with Gasteiger partial charge in [-0.15, -0.1) is 22.7 Å². The van der Waals surface area contributed by atoms with Crippen molar-refractivity contribution in [2.75, 3.05) is 31.5 Å². The Morgan fingerprint density at radius 2 is 1.91 bits per heavy atom. The second-order valence-corrected chi connectivity index (χ2v) is 11.2. The van der Waals surface area contributed by atoms with Crippen molar-refractivity contribution >= 4 is 39.5 Å². The maximum absolute atomic E-state index is 13.0. The SMILES string of the molecule is Cc1nc(C(C)O)sc1-c1csc(Nc2ccc(C(=O)N3CCC(N4CCCCC4)CC3)cn2)n1. The Morgan fingerprint density at radius 1 is 1.14 bits per heavy atom. The van der Waals surface area contributed by atoms with Crippen molar-refractivity contribution in [1.82, 2.24) is 24.8 Å². The first-order chi connectivity index (χ1) is 17.0. The average Bonchev–Trinajstić information content (AvgIpc) is 3.51. The van der Waals surface area contributed by atoms with E-state index in [0.717, 1.165) is 47.3 Å². The predicted molar refractivity (Wildman–Crippen MR) is 140 cm³/mol. The molecular weight excluding hydrogens is 480 g/mol. The van der Waals surface area contributed by atoms with Crippen molar-refractivity contribution in [2.24, 2.45) is 0 Å². The van der Waals surface area contributed by atoms with E-state index in [0.29, 0.717) is 22.4 Å². The summed E-state index contributed by atoms with van der Waals surface area (Å²) in [6.07, 6.45) is 7.15. The number of nitrogens with one attached hydrogen (secondary N) is 1. The monoisotopic (exact) mass is 512 g/mol. The predicted octanol–water partition coefficient (Wildman–Crippen LogP) is 4.86. The lowest BCUT2D eigenvalue weighted by Crippen LogP contribution is -2.48. The summed E-state index contributed by atoms with van der Waals surface area (Å²) in [6.45, 7) is 7.70. The number of carbonyl (C=O) groups is 1. The fourth-order valence-corrected chi connectivity index (χ4v) is 6.62. The Morgan fingerprint density at radius 3 is 2.57 bits per heavy atom. The van der Waals surface area contributed by atoms with Crippen LogP contribution in [0.25, 0.3) is 10.6 Å². The molecule has 0 bridgehead atoms. The molecule has 0 aliphatic carbocycles. The Balaban J connectivity index is 1.17. The number of piperidine rings is 2. The van der Waals surface area contributed by atoms with Gasteiger partial charge >= 0.3 is 0 Å². The van der Waals surface area contributed by atoms with Gasteiger partial charge in [0.2, 0.25) is 0 Å². The first-order valence-corrected chi connectivity index (χ1v) is 14.1. The molecule has 0 spiro atoms. The van der Waals surface area contributed by atoms with Gasteiger partial charge in [-0.3, -0.25) is 4.79 Å². The van der Waals surface area contributed by atoms with Gasteiger partial charge in [-0.1, -0.05) is 6.42 Å². The van der Waals surface area contributed by atoms with Crippen molar-refractivity contribution in [1.29, 1.82) is 0 Å². The van der Waals surface area contributed by atoms with Gasteiger partial charge in [-0.05, 0) is 64.8 Å². The number of aliphatic hydroxyl groups excluding tert-OH is 1. The molecular formula is C25H32N6O2S2. The van der Waals surface area contributed by atoms with E-state index in [1.54, 1.807) is 13.1 Å². The third-order valence-electron chi connectivity index (χ3n) is 6.81. The number of thiazole rings is 2. The first kappa shape index (κ1) is 24.3. The quantitative estimate of drug-likeness (QED) is 0.487. The topological polar surface area (TPSA) is 94.5 Å².